The Hall–Kier alpha value is -2.35. The van der Waals surface area contributed by atoms with Gasteiger partial charge in [0.25, 0.3) is 0 Å². The highest BCUT2D eigenvalue weighted by atomic mass is 32.1. The summed E-state index contributed by atoms with van der Waals surface area (Å²) >= 11 is 1.64. The van der Waals surface area contributed by atoms with Crippen LogP contribution in [0.1, 0.15) is 6.92 Å². The average Bonchev–Trinajstić information content (AvgIpc) is 3.02. The number of ether oxygens (including phenoxy) is 1. The number of thiazole rings is 1. The molecule has 0 aliphatic carbocycles. The highest BCUT2D eigenvalue weighted by Crippen LogP contribution is 2.34. The van der Waals surface area contributed by atoms with Crippen molar-refractivity contribution >= 4 is 38.5 Å². The molecule has 0 radical (unpaired) electrons. The lowest BCUT2D eigenvalue weighted by Crippen LogP contribution is -2.58. The van der Waals surface area contributed by atoms with E-state index in [1.807, 2.05) is 23.1 Å². The van der Waals surface area contributed by atoms with Crippen LogP contribution in [0.5, 0.6) is 5.75 Å². The third kappa shape index (κ3) is 3.09. The van der Waals surface area contributed by atoms with E-state index >= 15 is 0 Å². The molecule has 2 aliphatic rings. The van der Waals surface area contributed by atoms with Gasteiger partial charge in [-0.3, -0.25) is 9.59 Å². The number of hydrogen-bond acceptors (Lipinski definition) is 6. The molecule has 0 bridgehead atoms. The lowest BCUT2D eigenvalue weighted by atomic mass is 9.99. The fourth-order valence-corrected chi connectivity index (χ4v) is 4.41. The molecule has 2 saturated heterocycles. The quantitative estimate of drug-likeness (QED) is 0.813. The second-order valence-corrected chi connectivity index (χ2v) is 7.77. The summed E-state index contributed by atoms with van der Waals surface area (Å²) in [5, 5.41) is 0.957. The maximum Gasteiger partial charge on any atom is 0.229 e. The number of methoxy groups -OCH3 is 1. The van der Waals surface area contributed by atoms with Gasteiger partial charge >= 0.3 is 0 Å². The molecular weight excluding hydrogens is 352 g/mol. The smallest absolute Gasteiger partial charge is 0.229 e. The van der Waals surface area contributed by atoms with Gasteiger partial charge in [-0.15, -0.1) is 0 Å². The second kappa shape index (κ2) is 6.75. The van der Waals surface area contributed by atoms with Gasteiger partial charge in [-0.1, -0.05) is 11.3 Å². The molecule has 8 heteroatoms. The first kappa shape index (κ1) is 17.1. The molecule has 138 valence electrons. The van der Waals surface area contributed by atoms with E-state index in [0.717, 1.165) is 21.1 Å². The van der Waals surface area contributed by atoms with Crippen molar-refractivity contribution in [3.63, 3.8) is 0 Å². The standard InChI is InChI=1S/C18H22N4O3S/c1-12(23)20-5-7-21(8-6-20)17(24)13-10-22(11-13)18-19-15-9-14(25-2)3-4-16(15)26-18/h3-4,9,13H,5-8,10-11H2,1-2H3. The van der Waals surface area contributed by atoms with Crippen LogP contribution in [-0.2, 0) is 9.59 Å². The SMILES string of the molecule is COc1ccc2sc(N3CC(C(=O)N4CCN(C(C)=O)CC4)C3)nc2c1. The largest absolute Gasteiger partial charge is 0.497 e. The molecule has 0 saturated carbocycles. The fraction of sp³-hybridized carbons (Fsp3) is 0.500. The second-order valence-electron chi connectivity index (χ2n) is 6.76. The van der Waals surface area contributed by atoms with E-state index in [2.05, 4.69) is 9.88 Å². The molecule has 0 unspecified atom stereocenters. The minimum Gasteiger partial charge on any atom is -0.497 e. The van der Waals surface area contributed by atoms with Gasteiger partial charge in [-0.2, -0.15) is 0 Å². The average molecular weight is 374 g/mol. The molecule has 7 nitrogen and oxygen atoms in total. The molecule has 1 aromatic carbocycles. The number of nitrogens with zero attached hydrogens (tertiary/aromatic N) is 4. The first-order valence-corrected chi connectivity index (χ1v) is 9.60. The number of benzene rings is 1. The first-order valence-electron chi connectivity index (χ1n) is 8.79. The first-order chi connectivity index (χ1) is 12.5. The van der Waals surface area contributed by atoms with Crippen LogP contribution < -0.4 is 9.64 Å². The topological polar surface area (TPSA) is 66.0 Å². The van der Waals surface area contributed by atoms with Gasteiger partial charge in [-0.05, 0) is 12.1 Å². The van der Waals surface area contributed by atoms with Crippen molar-refractivity contribution in [1.29, 1.82) is 0 Å². The van der Waals surface area contributed by atoms with Crippen LogP contribution in [-0.4, -0.2) is 73.0 Å². The van der Waals surface area contributed by atoms with Crippen LogP contribution >= 0.6 is 11.3 Å². The van der Waals surface area contributed by atoms with Crippen molar-refractivity contribution in [3.8, 4) is 5.75 Å². The predicted octanol–water partition coefficient (Wildman–Crippen LogP) is 1.43. The number of piperazine rings is 1. The Morgan fingerprint density at radius 2 is 1.85 bits per heavy atom. The summed E-state index contributed by atoms with van der Waals surface area (Å²) in [6.07, 6.45) is 0. The molecular formula is C18H22N4O3S. The molecule has 3 heterocycles. The Kier molecular flexibility index (Phi) is 4.44. The van der Waals surface area contributed by atoms with Crippen molar-refractivity contribution in [1.82, 2.24) is 14.8 Å². The minimum atomic E-state index is 0.0282. The Labute approximate surface area is 156 Å². The summed E-state index contributed by atoms with van der Waals surface area (Å²) in [5.41, 5.74) is 0.930. The van der Waals surface area contributed by atoms with Gasteiger partial charge in [-0.25, -0.2) is 4.98 Å². The summed E-state index contributed by atoms with van der Waals surface area (Å²) in [4.78, 5) is 34.6. The molecule has 0 atom stereocenters. The van der Waals surface area contributed by atoms with Gasteiger partial charge in [0.1, 0.15) is 5.75 Å². The molecule has 4 rings (SSSR count). The van der Waals surface area contributed by atoms with Crippen molar-refractivity contribution in [3.05, 3.63) is 18.2 Å². The lowest BCUT2D eigenvalue weighted by molar-refractivity contribution is -0.141. The number of rotatable bonds is 3. The van der Waals surface area contributed by atoms with Crippen molar-refractivity contribution in [2.75, 3.05) is 51.3 Å². The molecule has 2 aromatic rings. The fourth-order valence-electron chi connectivity index (χ4n) is 3.45. The van der Waals surface area contributed by atoms with Gasteiger partial charge < -0.3 is 19.4 Å². The van der Waals surface area contributed by atoms with E-state index in [-0.39, 0.29) is 17.7 Å². The number of carbonyl (C=O) groups excluding carboxylic acids is 2. The van der Waals surface area contributed by atoms with Crippen molar-refractivity contribution in [2.45, 2.75) is 6.92 Å². The number of hydrogen-bond donors (Lipinski definition) is 0. The number of fused-ring (bicyclic) bond motifs is 1. The van der Waals surface area contributed by atoms with Gasteiger partial charge in [0.05, 0.1) is 23.2 Å². The highest BCUT2D eigenvalue weighted by molar-refractivity contribution is 7.22. The Balaban J connectivity index is 1.35. The predicted molar refractivity (Wildman–Crippen MR) is 101 cm³/mol. The minimum absolute atomic E-state index is 0.0282. The summed E-state index contributed by atoms with van der Waals surface area (Å²) in [6, 6.07) is 5.89. The molecule has 2 fully saturated rings. The molecule has 1 aromatic heterocycles. The summed E-state index contributed by atoms with van der Waals surface area (Å²) in [6.45, 7) is 5.54. The third-order valence-corrected chi connectivity index (χ3v) is 6.22. The van der Waals surface area contributed by atoms with Crippen molar-refractivity contribution < 1.29 is 14.3 Å². The Morgan fingerprint density at radius 1 is 1.15 bits per heavy atom. The monoisotopic (exact) mass is 374 g/mol. The number of carbonyl (C=O) groups is 2. The molecule has 0 N–H and O–H groups in total. The maximum absolute atomic E-state index is 12.7. The number of aromatic nitrogens is 1. The normalized spacial score (nSPS) is 18.2. The van der Waals surface area contributed by atoms with Gasteiger partial charge in [0.15, 0.2) is 5.13 Å². The van der Waals surface area contributed by atoms with E-state index in [4.69, 9.17) is 4.74 Å². The van der Waals surface area contributed by atoms with E-state index < -0.39 is 0 Å². The molecule has 26 heavy (non-hydrogen) atoms. The summed E-state index contributed by atoms with van der Waals surface area (Å²) < 4.78 is 6.37. The van der Waals surface area contributed by atoms with Gasteiger partial charge in [0.2, 0.25) is 11.8 Å². The van der Waals surface area contributed by atoms with E-state index in [1.165, 1.54) is 0 Å². The van der Waals surface area contributed by atoms with Gasteiger partial charge in [0, 0.05) is 52.3 Å². The number of anilines is 1. The van der Waals surface area contributed by atoms with Crippen LogP contribution in [0.2, 0.25) is 0 Å². The maximum atomic E-state index is 12.7. The summed E-state index contributed by atoms with van der Waals surface area (Å²) in [5.74, 6) is 1.11. The van der Waals surface area contributed by atoms with E-state index in [0.29, 0.717) is 39.3 Å². The lowest BCUT2D eigenvalue weighted by Gasteiger charge is -2.42. The van der Waals surface area contributed by atoms with Crippen LogP contribution in [0.3, 0.4) is 0 Å². The zero-order valence-corrected chi connectivity index (χ0v) is 15.8. The number of amides is 2. The molecule has 0 spiro atoms. The van der Waals surface area contributed by atoms with E-state index in [1.54, 1.807) is 30.3 Å². The summed E-state index contributed by atoms with van der Waals surface area (Å²) in [7, 11) is 1.65. The zero-order chi connectivity index (χ0) is 18.3. The van der Waals surface area contributed by atoms with Crippen LogP contribution in [0.15, 0.2) is 18.2 Å². The molecule has 2 aliphatic heterocycles. The van der Waals surface area contributed by atoms with Crippen LogP contribution in [0, 0.1) is 5.92 Å². The van der Waals surface area contributed by atoms with E-state index in [9.17, 15) is 9.59 Å². The zero-order valence-electron chi connectivity index (χ0n) is 15.0. The molecule has 2 amide bonds. The highest BCUT2D eigenvalue weighted by Gasteiger charge is 2.37. The van der Waals surface area contributed by atoms with Crippen molar-refractivity contribution in [2.24, 2.45) is 5.92 Å². The Bertz CT molecular complexity index is 838. The van der Waals surface area contributed by atoms with Crippen LogP contribution in [0.4, 0.5) is 5.13 Å². The third-order valence-electron chi connectivity index (χ3n) is 5.12. The Morgan fingerprint density at radius 3 is 2.50 bits per heavy atom. The van der Waals surface area contributed by atoms with Crippen LogP contribution in [0.25, 0.3) is 10.2 Å².